The number of hydrogen-bond acceptors (Lipinski definition) is 5. The van der Waals surface area contributed by atoms with Crippen LogP contribution < -0.4 is 21.6 Å². The van der Waals surface area contributed by atoms with Crippen LogP contribution in [0.15, 0.2) is 53.3 Å². The fraction of sp³-hybridized carbons (Fsp3) is 0.125. The van der Waals surface area contributed by atoms with Crippen molar-refractivity contribution in [3.05, 3.63) is 64.7 Å². The molecular weight excluding hydrogens is 280 g/mol. The Morgan fingerprint density at radius 3 is 2.68 bits per heavy atom. The molecule has 1 aromatic heterocycles. The fourth-order valence-electron chi connectivity index (χ4n) is 2.45. The number of aromatic nitrogens is 2. The molecular formula is C16H16N4O2. The summed E-state index contributed by atoms with van der Waals surface area (Å²) in [5.74, 6) is 6.56. The minimum absolute atomic E-state index is 0.152. The van der Waals surface area contributed by atoms with E-state index in [0.29, 0.717) is 28.2 Å². The van der Waals surface area contributed by atoms with Crippen molar-refractivity contribution in [2.24, 2.45) is 5.84 Å². The molecule has 0 fully saturated rings. The summed E-state index contributed by atoms with van der Waals surface area (Å²) >= 11 is 0. The van der Waals surface area contributed by atoms with Crippen molar-refractivity contribution in [3.8, 4) is 11.4 Å². The van der Waals surface area contributed by atoms with E-state index < -0.39 is 0 Å². The van der Waals surface area contributed by atoms with Crippen LogP contribution in [0.2, 0.25) is 0 Å². The second-order valence-corrected chi connectivity index (χ2v) is 4.74. The number of hydrazine groups is 1. The topological polar surface area (TPSA) is 82.2 Å². The molecule has 112 valence electrons. The number of para-hydroxylation sites is 3. The van der Waals surface area contributed by atoms with Crippen molar-refractivity contribution < 1.29 is 4.74 Å². The first kappa shape index (κ1) is 14.2. The van der Waals surface area contributed by atoms with E-state index in [0.717, 1.165) is 0 Å². The Labute approximate surface area is 127 Å². The molecule has 0 aliphatic carbocycles. The quantitative estimate of drug-likeness (QED) is 0.561. The van der Waals surface area contributed by atoms with E-state index in [4.69, 9.17) is 10.6 Å². The normalized spacial score (nSPS) is 10.8. The first-order chi connectivity index (χ1) is 10.8. The number of rotatable bonds is 4. The molecule has 0 bridgehead atoms. The highest BCUT2D eigenvalue weighted by molar-refractivity contribution is 5.78. The van der Waals surface area contributed by atoms with E-state index in [1.165, 1.54) is 4.57 Å². The molecule has 3 rings (SSSR count). The molecule has 0 amide bonds. The lowest BCUT2D eigenvalue weighted by molar-refractivity contribution is 0.412. The van der Waals surface area contributed by atoms with Crippen LogP contribution in [0, 0.1) is 0 Å². The number of methoxy groups -OCH3 is 1. The summed E-state index contributed by atoms with van der Waals surface area (Å²) in [6.07, 6.45) is 0. The van der Waals surface area contributed by atoms with Crippen LogP contribution in [-0.4, -0.2) is 16.7 Å². The van der Waals surface area contributed by atoms with Crippen molar-refractivity contribution in [3.63, 3.8) is 0 Å². The van der Waals surface area contributed by atoms with E-state index in [-0.39, 0.29) is 12.1 Å². The van der Waals surface area contributed by atoms with Gasteiger partial charge in [0.05, 0.1) is 30.2 Å². The first-order valence-corrected chi connectivity index (χ1v) is 6.84. The number of nitrogens with zero attached hydrogens (tertiary/aromatic N) is 2. The molecule has 0 saturated heterocycles. The summed E-state index contributed by atoms with van der Waals surface area (Å²) in [5, 5.41) is 0.550. The van der Waals surface area contributed by atoms with Crippen LogP contribution in [-0.2, 0) is 6.54 Å². The summed E-state index contributed by atoms with van der Waals surface area (Å²) in [6.45, 7) is 0.262. The SMILES string of the molecule is COc1ccccc1-n1c(CNN)nc2ccccc2c1=O. The molecule has 0 aliphatic heterocycles. The second kappa shape index (κ2) is 5.97. The number of hydrogen-bond donors (Lipinski definition) is 2. The lowest BCUT2D eigenvalue weighted by Gasteiger charge is -2.15. The van der Waals surface area contributed by atoms with Crippen molar-refractivity contribution in [2.45, 2.75) is 6.54 Å². The largest absolute Gasteiger partial charge is 0.495 e. The summed E-state index contributed by atoms with van der Waals surface area (Å²) in [5.41, 5.74) is 3.69. The van der Waals surface area contributed by atoms with Gasteiger partial charge in [0.2, 0.25) is 0 Å². The van der Waals surface area contributed by atoms with Gasteiger partial charge in [0.25, 0.3) is 5.56 Å². The number of nitrogens with one attached hydrogen (secondary N) is 1. The average molecular weight is 296 g/mol. The Morgan fingerprint density at radius 1 is 1.18 bits per heavy atom. The third-order valence-electron chi connectivity index (χ3n) is 3.43. The standard InChI is InChI=1S/C16H16N4O2/c1-22-14-9-5-4-8-13(14)20-15(10-18-17)19-12-7-3-2-6-11(12)16(20)21/h2-9,18H,10,17H2,1H3. The van der Waals surface area contributed by atoms with Gasteiger partial charge in [-0.2, -0.15) is 0 Å². The number of ether oxygens (including phenoxy) is 1. The highest BCUT2D eigenvalue weighted by atomic mass is 16.5. The van der Waals surface area contributed by atoms with Gasteiger partial charge in [-0.3, -0.25) is 20.6 Å². The molecule has 6 heteroatoms. The fourth-order valence-corrected chi connectivity index (χ4v) is 2.45. The number of benzene rings is 2. The summed E-state index contributed by atoms with van der Waals surface area (Å²) in [6, 6.07) is 14.6. The monoisotopic (exact) mass is 296 g/mol. The van der Waals surface area contributed by atoms with E-state index in [1.54, 1.807) is 19.2 Å². The average Bonchev–Trinajstić information content (AvgIpc) is 2.56. The molecule has 2 aromatic carbocycles. The Kier molecular flexibility index (Phi) is 3.86. The van der Waals surface area contributed by atoms with Crippen molar-refractivity contribution >= 4 is 10.9 Å². The molecule has 1 heterocycles. The predicted molar refractivity (Wildman–Crippen MR) is 84.9 cm³/mol. The van der Waals surface area contributed by atoms with Gasteiger partial charge >= 0.3 is 0 Å². The third kappa shape index (κ3) is 2.34. The third-order valence-corrected chi connectivity index (χ3v) is 3.43. The van der Waals surface area contributed by atoms with Crippen LogP contribution >= 0.6 is 0 Å². The molecule has 0 saturated carbocycles. The van der Waals surface area contributed by atoms with Crippen molar-refractivity contribution in [2.75, 3.05) is 7.11 Å². The van der Waals surface area contributed by atoms with Crippen LogP contribution in [0.25, 0.3) is 16.6 Å². The minimum atomic E-state index is -0.152. The lowest BCUT2D eigenvalue weighted by atomic mass is 10.2. The Bertz CT molecular complexity index is 873. The summed E-state index contributed by atoms with van der Waals surface area (Å²) in [7, 11) is 1.57. The molecule has 0 atom stereocenters. The lowest BCUT2D eigenvalue weighted by Crippen LogP contribution is -2.30. The summed E-state index contributed by atoms with van der Waals surface area (Å²) in [4.78, 5) is 17.4. The number of fused-ring (bicyclic) bond motifs is 1. The maximum Gasteiger partial charge on any atom is 0.266 e. The van der Waals surface area contributed by atoms with E-state index in [1.807, 2.05) is 36.4 Å². The zero-order chi connectivity index (χ0) is 15.5. The van der Waals surface area contributed by atoms with Crippen molar-refractivity contribution in [1.29, 1.82) is 0 Å². The van der Waals surface area contributed by atoms with Crippen LogP contribution in [0.3, 0.4) is 0 Å². The van der Waals surface area contributed by atoms with Crippen LogP contribution in [0.4, 0.5) is 0 Å². The second-order valence-electron chi connectivity index (χ2n) is 4.74. The van der Waals surface area contributed by atoms with Gasteiger partial charge < -0.3 is 4.74 Å². The zero-order valence-corrected chi connectivity index (χ0v) is 12.1. The number of nitrogens with two attached hydrogens (primary N) is 1. The maximum atomic E-state index is 12.9. The molecule has 0 aliphatic rings. The zero-order valence-electron chi connectivity index (χ0n) is 12.1. The predicted octanol–water partition coefficient (Wildman–Crippen LogP) is 1.36. The highest BCUT2D eigenvalue weighted by Gasteiger charge is 2.14. The van der Waals surface area contributed by atoms with E-state index in [2.05, 4.69) is 10.4 Å². The molecule has 3 N–H and O–H groups in total. The van der Waals surface area contributed by atoms with E-state index >= 15 is 0 Å². The van der Waals surface area contributed by atoms with Gasteiger partial charge in [-0.05, 0) is 24.3 Å². The van der Waals surface area contributed by atoms with Gasteiger partial charge in [0.1, 0.15) is 11.6 Å². The molecule has 0 unspecified atom stereocenters. The van der Waals surface area contributed by atoms with Crippen LogP contribution in [0.1, 0.15) is 5.82 Å². The maximum absolute atomic E-state index is 12.9. The first-order valence-electron chi connectivity index (χ1n) is 6.84. The molecule has 0 spiro atoms. The van der Waals surface area contributed by atoms with Gasteiger partial charge in [0.15, 0.2) is 0 Å². The van der Waals surface area contributed by atoms with Gasteiger partial charge in [-0.25, -0.2) is 4.98 Å². The molecule has 3 aromatic rings. The minimum Gasteiger partial charge on any atom is -0.495 e. The Hall–Kier alpha value is -2.70. The van der Waals surface area contributed by atoms with E-state index in [9.17, 15) is 4.79 Å². The molecule has 0 radical (unpaired) electrons. The molecule has 6 nitrogen and oxygen atoms in total. The van der Waals surface area contributed by atoms with Gasteiger partial charge in [-0.1, -0.05) is 24.3 Å². The Balaban J connectivity index is 2.38. The van der Waals surface area contributed by atoms with Gasteiger partial charge in [0, 0.05) is 0 Å². The molecule has 22 heavy (non-hydrogen) atoms. The van der Waals surface area contributed by atoms with Crippen molar-refractivity contribution in [1.82, 2.24) is 15.0 Å². The Morgan fingerprint density at radius 2 is 1.91 bits per heavy atom. The highest BCUT2D eigenvalue weighted by Crippen LogP contribution is 2.22. The van der Waals surface area contributed by atoms with Gasteiger partial charge in [-0.15, -0.1) is 0 Å². The smallest absolute Gasteiger partial charge is 0.266 e. The summed E-state index contributed by atoms with van der Waals surface area (Å²) < 4.78 is 6.89. The van der Waals surface area contributed by atoms with Crippen LogP contribution in [0.5, 0.6) is 5.75 Å².